The van der Waals surface area contributed by atoms with Gasteiger partial charge in [-0.2, -0.15) is 0 Å². The highest BCUT2D eigenvalue weighted by molar-refractivity contribution is 9.10. The molecule has 1 saturated heterocycles. The Bertz CT molecular complexity index is 334. The van der Waals surface area contributed by atoms with Gasteiger partial charge in [0, 0.05) is 17.9 Å². The highest BCUT2D eigenvalue weighted by Gasteiger charge is 2.26. The third kappa shape index (κ3) is 2.69. The predicted molar refractivity (Wildman–Crippen MR) is 66.1 cm³/mol. The summed E-state index contributed by atoms with van der Waals surface area (Å²) in [6, 6.07) is 2.01. The van der Waals surface area contributed by atoms with Crippen molar-refractivity contribution in [3.63, 3.8) is 0 Å². The number of hydrogen-bond acceptors (Lipinski definition) is 3. The van der Waals surface area contributed by atoms with Gasteiger partial charge in [-0.25, -0.2) is 0 Å². The van der Waals surface area contributed by atoms with Gasteiger partial charge in [0.2, 0.25) is 0 Å². The molecular formula is C11H16BrN3. The van der Waals surface area contributed by atoms with E-state index in [0.717, 1.165) is 36.1 Å². The van der Waals surface area contributed by atoms with E-state index in [2.05, 4.69) is 38.5 Å². The molecule has 2 heterocycles. The molecule has 1 aliphatic heterocycles. The Hall–Kier alpha value is -0.610. The monoisotopic (exact) mass is 269 g/mol. The molecule has 0 spiro atoms. The van der Waals surface area contributed by atoms with E-state index in [1.807, 2.05) is 18.5 Å². The third-order valence-corrected chi connectivity index (χ3v) is 3.55. The van der Waals surface area contributed by atoms with Gasteiger partial charge in [-0.1, -0.05) is 0 Å². The molecule has 0 aliphatic carbocycles. The topological polar surface area (TPSA) is 37.0 Å². The smallest absolute Gasteiger partial charge is 0.0590 e. The fraction of sp³-hybridized carbons (Fsp3) is 0.545. The minimum absolute atomic E-state index is 0.203. The quantitative estimate of drug-likeness (QED) is 0.866. The normalized spacial score (nSPS) is 19.9. The van der Waals surface area contributed by atoms with Crippen LogP contribution in [-0.4, -0.2) is 23.6 Å². The Morgan fingerprint density at radius 2 is 2.20 bits per heavy atom. The Balaban J connectivity index is 2.10. The van der Waals surface area contributed by atoms with Crippen LogP contribution in [0.25, 0.3) is 0 Å². The minimum atomic E-state index is 0.203. The zero-order chi connectivity index (χ0) is 10.7. The zero-order valence-electron chi connectivity index (χ0n) is 8.89. The van der Waals surface area contributed by atoms with Crippen molar-refractivity contribution in [3.8, 4) is 0 Å². The second kappa shape index (κ2) is 4.49. The van der Waals surface area contributed by atoms with Crippen molar-refractivity contribution in [2.24, 2.45) is 0 Å². The summed E-state index contributed by atoms with van der Waals surface area (Å²) in [6.07, 6.45) is 5.95. The lowest BCUT2D eigenvalue weighted by Crippen LogP contribution is -2.45. The maximum absolute atomic E-state index is 4.06. The molecule has 15 heavy (non-hydrogen) atoms. The van der Waals surface area contributed by atoms with Gasteiger partial charge in [0.05, 0.1) is 10.2 Å². The van der Waals surface area contributed by atoms with Crippen molar-refractivity contribution < 1.29 is 0 Å². The number of rotatable bonds is 2. The summed E-state index contributed by atoms with van der Waals surface area (Å²) in [5, 5.41) is 6.97. The molecule has 82 valence electrons. The van der Waals surface area contributed by atoms with Crippen molar-refractivity contribution in [1.29, 1.82) is 0 Å². The molecule has 0 aromatic carbocycles. The van der Waals surface area contributed by atoms with E-state index in [0.29, 0.717) is 0 Å². The number of hydrogen-bond donors (Lipinski definition) is 2. The number of pyridine rings is 1. The second-order valence-electron chi connectivity index (χ2n) is 4.29. The van der Waals surface area contributed by atoms with Crippen molar-refractivity contribution in [2.45, 2.75) is 25.3 Å². The number of nitrogens with one attached hydrogen (secondary N) is 2. The molecule has 0 unspecified atom stereocenters. The minimum Gasteiger partial charge on any atom is -0.379 e. The van der Waals surface area contributed by atoms with Crippen LogP contribution in [0.15, 0.2) is 22.9 Å². The largest absolute Gasteiger partial charge is 0.379 e. The molecule has 2 N–H and O–H groups in total. The molecule has 0 amide bonds. The fourth-order valence-corrected chi connectivity index (χ4v) is 2.25. The first-order valence-electron chi connectivity index (χ1n) is 5.28. The van der Waals surface area contributed by atoms with Crippen LogP contribution in [-0.2, 0) is 0 Å². The molecule has 0 saturated carbocycles. The van der Waals surface area contributed by atoms with Gasteiger partial charge >= 0.3 is 0 Å². The van der Waals surface area contributed by atoms with Crippen molar-refractivity contribution in [2.75, 3.05) is 18.4 Å². The number of halogens is 1. The first-order chi connectivity index (χ1) is 7.20. The molecule has 1 aromatic rings. The molecule has 3 nitrogen and oxygen atoms in total. The van der Waals surface area contributed by atoms with Gasteiger partial charge < -0.3 is 10.6 Å². The van der Waals surface area contributed by atoms with E-state index in [9.17, 15) is 0 Å². The average Bonchev–Trinajstić information content (AvgIpc) is 2.22. The van der Waals surface area contributed by atoms with E-state index in [4.69, 9.17) is 0 Å². The summed E-state index contributed by atoms with van der Waals surface area (Å²) in [5.41, 5.74) is 1.34. The summed E-state index contributed by atoms with van der Waals surface area (Å²) >= 11 is 3.51. The van der Waals surface area contributed by atoms with Gasteiger partial charge in [0.15, 0.2) is 0 Å². The maximum Gasteiger partial charge on any atom is 0.0590 e. The summed E-state index contributed by atoms with van der Waals surface area (Å²) < 4.78 is 1.03. The van der Waals surface area contributed by atoms with Crippen LogP contribution in [0.2, 0.25) is 0 Å². The Kier molecular flexibility index (Phi) is 3.26. The van der Waals surface area contributed by atoms with E-state index in [-0.39, 0.29) is 5.54 Å². The molecule has 1 fully saturated rings. The molecule has 2 rings (SSSR count). The molecule has 0 radical (unpaired) electrons. The van der Waals surface area contributed by atoms with Gasteiger partial charge in [-0.15, -0.1) is 0 Å². The van der Waals surface area contributed by atoms with Crippen LogP contribution < -0.4 is 10.6 Å². The predicted octanol–water partition coefficient (Wildman–Crippen LogP) is 2.40. The van der Waals surface area contributed by atoms with Crippen molar-refractivity contribution in [3.05, 3.63) is 22.9 Å². The summed E-state index contributed by atoms with van der Waals surface area (Å²) in [6.45, 7) is 4.46. The fourth-order valence-electron chi connectivity index (χ4n) is 1.91. The lowest BCUT2D eigenvalue weighted by atomic mass is 9.90. The lowest BCUT2D eigenvalue weighted by Gasteiger charge is -2.36. The van der Waals surface area contributed by atoms with E-state index in [1.54, 1.807) is 0 Å². The number of nitrogens with zero attached hydrogens (tertiary/aromatic N) is 1. The number of piperidine rings is 1. The lowest BCUT2D eigenvalue weighted by molar-refractivity contribution is 0.365. The van der Waals surface area contributed by atoms with Crippen molar-refractivity contribution in [1.82, 2.24) is 10.3 Å². The summed E-state index contributed by atoms with van der Waals surface area (Å²) in [4.78, 5) is 4.06. The molecule has 0 atom stereocenters. The van der Waals surface area contributed by atoms with Crippen LogP contribution in [0.4, 0.5) is 5.69 Å². The first kappa shape index (κ1) is 10.9. The second-order valence-corrected chi connectivity index (χ2v) is 5.15. The highest BCUT2D eigenvalue weighted by Crippen LogP contribution is 2.28. The van der Waals surface area contributed by atoms with Crippen LogP contribution in [0, 0.1) is 0 Å². The van der Waals surface area contributed by atoms with Crippen molar-refractivity contribution >= 4 is 21.6 Å². The SMILES string of the molecule is CC1(Nc2ccncc2Br)CCNCC1. The number of aromatic nitrogens is 1. The molecule has 1 aromatic heterocycles. The van der Waals surface area contributed by atoms with Gasteiger partial charge in [0.1, 0.15) is 0 Å². The Morgan fingerprint density at radius 3 is 2.87 bits per heavy atom. The number of anilines is 1. The van der Waals surface area contributed by atoms with Crippen LogP contribution in [0.3, 0.4) is 0 Å². The highest BCUT2D eigenvalue weighted by atomic mass is 79.9. The first-order valence-corrected chi connectivity index (χ1v) is 6.07. The molecule has 0 bridgehead atoms. The standard InChI is InChI=1S/C11H16BrN3/c1-11(3-6-13-7-4-11)15-10-2-5-14-8-9(10)12/h2,5,8,13H,3-4,6-7H2,1H3,(H,14,15). The van der Waals surface area contributed by atoms with Gasteiger partial charge in [0.25, 0.3) is 0 Å². The Morgan fingerprint density at radius 1 is 1.47 bits per heavy atom. The molecule has 4 heteroatoms. The van der Waals surface area contributed by atoms with Crippen LogP contribution in [0.1, 0.15) is 19.8 Å². The van der Waals surface area contributed by atoms with E-state index >= 15 is 0 Å². The van der Waals surface area contributed by atoms with Gasteiger partial charge in [-0.3, -0.25) is 4.98 Å². The zero-order valence-corrected chi connectivity index (χ0v) is 10.5. The molecule has 1 aliphatic rings. The van der Waals surface area contributed by atoms with Crippen LogP contribution >= 0.6 is 15.9 Å². The van der Waals surface area contributed by atoms with Crippen LogP contribution in [0.5, 0.6) is 0 Å². The van der Waals surface area contributed by atoms with E-state index < -0.39 is 0 Å². The summed E-state index contributed by atoms with van der Waals surface area (Å²) in [5.74, 6) is 0. The van der Waals surface area contributed by atoms with Gasteiger partial charge in [-0.05, 0) is 54.9 Å². The maximum atomic E-state index is 4.06. The van der Waals surface area contributed by atoms with E-state index in [1.165, 1.54) is 0 Å². The Labute approximate surface area is 98.8 Å². The third-order valence-electron chi connectivity index (χ3n) is 2.92. The average molecular weight is 270 g/mol. The summed E-state index contributed by atoms with van der Waals surface area (Å²) in [7, 11) is 0. The molecular weight excluding hydrogens is 254 g/mol.